The van der Waals surface area contributed by atoms with Gasteiger partial charge in [0.25, 0.3) is 0 Å². The van der Waals surface area contributed by atoms with E-state index in [1.54, 1.807) is 14.2 Å². The molecule has 0 aromatic rings. The van der Waals surface area contributed by atoms with Crippen molar-refractivity contribution in [3.05, 3.63) is 0 Å². The molecule has 0 amide bonds. The molecule has 0 aromatic carbocycles. The summed E-state index contributed by atoms with van der Waals surface area (Å²) >= 11 is 0. The molecule has 1 aliphatic heterocycles. The molecule has 1 aliphatic rings. The normalized spacial score (nSPS) is 34.2. The summed E-state index contributed by atoms with van der Waals surface area (Å²) in [6, 6.07) is 0. The van der Waals surface area contributed by atoms with Crippen molar-refractivity contribution in [3.8, 4) is 0 Å². The van der Waals surface area contributed by atoms with Crippen molar-refractivity contribution in [1.29, 1.82) is 0 Å². The Labute approximate surface area is 61.3 Å². The van der Waals surface area contributed by atoms with E-state index in [-0.39, 0.29) is 12.4 Å². The second-order valence-electron chi connectivity index (χ2n) is 2.43. The van der Waals surface area contributed by atoms with Gasteiger partial charge >= 0.3 is 0 Å². The zero-order valence-electron chi connectivity index (χ0n) is 6.50. The predicted molar refractivity (Wildman–Crippen MR) is 36.8 cm³/mol. The molecule has 0 spiro atoms. The Morgan fingerprint density at radius 3 is 2.40 bits per heavy atom. The van der Waals surface area contributed by atoms with Crippen LogP contribution in [-0.2, 0) is 14.2 Å². The Hall–Kier alpha value is -0.120. The molecule has 1 heterocycles. The number of hydrogen-bond acceptors (Lipinski definition) is 3. The Morgan fingerprint density at radius 2 is 2.00 bits per heavy atom. The summed E-state index contributed by atoms with van der Waals surface area (Å²) in [6.07, 6.45) is 2.24. The molecule has 0 aromatic heterocycles. The highest BCUT2D eigenvalue weighted by Crippen LogP contribution is 2.15. The fraction of sp³-hybridized carbons (Fsp3) is 1.00. The van der Waals surface area contributed by atoms with Crippen LogP contribution in [0.25, 0.3) is 0 Å². The molecule has 0 saturated carbocycles. The van der Waals surface area contributed by atoms with Crippen LogP contribution in [0.3, 0.4) is 0 Å². The Morgan fingerprint density at radius 1 is 1.20 bits per heavy atom. The van der Waals surface area contributed by atoms with Crippen LogP contribution in [0.2, 0.25) is 0 Å². The van der Waals surface area contributed by atoms with Gasteiger partial charge in [-0.1, -0.05) is 0 Å². The van der Waals surface area contributed by atoms with Crippen molar-refractivity contribution in [2.45, 2.75) is 25.2 Å². The van der Waals surface area contributed by atoms with Gasteiger partial charge < -0.3 is 14.2 Å². The van der Waals surface area contributed by atoms with Gasteiger partial charge in [-0.2, -0.15) is 0 Å². The highest BCUT2D eigenvalue weighted by molar-refractivity contribution is 4.63. The van der Waals surface area contributed by atoms with E-state index in [9.17, 15) is 0 Å². The summed E-state index contributed by atoms with van der Waals surface area (Å²) in [5.41, 5.74) is 0. The van der Waals surface area contributed by atoms with Crippen LogP contribution in [0.15, 0.2) is 0 Å². The zero-order valence-corrected chi connectivity index (χ0v) is 6.50. The van der Waals surface area contributed by atoms with E-state index >= 15 is 0 Å². The van der Waals surface area contributed by atoms with Gasteiger partial charge in [0.05, 0.1) is 12.7 Å². The summed E-state index contributed by atoms with van der Waals surface area (Å²) < 4.78 is 15.4. The monoisotopic (exact) mass is 146 g/mol. The molecule has 0 aliphatic carbocycles. The fourth-order valence-corrected chi connectivity index (χ4v) is 1.08. The van der Waals surface area contributed by atoms with Gasteiger partial charge in [-0.15, -0.1) is 0 Å². The minimum Gasteiger partial charge on any atom is -0.379 e. The minimum atomic E-state index is -0.00796. The Bertz CT molecular complexity index is 74.9. The van der Waals surface area contributed by atoms with Crippen LogP contribution in [0, 0.1) is 0 Å². The molecule has 1 fully saturated rings. The lowest BCUT2D eigenvalue weighted by atomic mass is 10.1. The zero-order chi connectivity index (χ0) is 7.40. The fourth-order valence-electron chi connectivity index (χ4n) is 1.08. The van der Waals surface area contributed by atoms with Crippen molar-refractivity contribution >= 4 is 0 Å². The molecular weight excluding hydrogens is 132 g/mol. The van der Waals surface area contributed by atoms with Gasteiger partial charge in [0, 0.05) is 20.6 Å². The van der Waals surface area contributed by atoms with Crippen molar-refractivity contribution in [2.75, 3.05) is 20.8 Å². The summed E-state index contributed by atoms with van der Waals surface area (Å²) in [7, 11) is 3.37. The summed E-state index contributed by atoms with van der Waals surface area (Å²) in [4.78, 5) is 0. The number of methoxy groups -OCH3 is 2. The van der Waals surface area contributed by atoms with E-state index in [4.69, 9.17) is 14.2 Å². The molecule has 1 unspecified atom stereocenters. The highest BCUT2D eigenvalue weighted by Gasteiger charge is 2.20. The van der Waals surface area contributed by atoms with E-state index in [2.05, 4.69) is 0 Å². The topological polar surface area (TPSA) is 27.7 Å². The van der Waals surface area contributed by atoms with E-state index in [1.807, 2.05) is 0 Å². The van der Waals surface area contributed by atoms with Crippen molar-refractivity contribution < 1.29 is 14.2 Å². The summed E-state index contributed by atoms with van der Waals surface area (Å²) in [6.45, 7) is 0.662. The summed E-state index contributed by atoms with van der Waals surface area (Å²) in [5, 5.41) is 0. The first-order chi connectivity index (χ1) is 4.86. The maximum Gasteiger partial charge on any atom is 0.157 e. The van der Waals surface area contributed by atoms with Crippen LogP contribution < -0.4 is 0 Å². The lowest BCUT2D eigenvalue weighted by Gasteiger charge is -2.26. The molecule has 60 valence electrons. The minimum absolute atomic E-state index is 0.00796. The smallest absolute Gasteiger partial charge is 0.157 e. The average molecular weight is 146 g/mol. The van der Waals surface area contributed by atoms with E-state index in [0.717, 1.165) is 12.8 Å². The Kier molecular flexibility index (Phi) is 3.12. The third kappa shape index (κ3) is 1.94. The largest absolute Gasteiger partial charge is 0.379 e. The van der Waals surface area contributed by atoms with Crippen molar-refractivity contribution in [1.82, 2.24) is 0 Å². The van der Waals surface area contributed by atoms with Gasteiger partial charge in [0.2, 0.25) is 0 Å². The first-order valence-corrected chi connectivity index (χ1v) is 3.54. The SMILES string of the molecule is COC1CC[C@H](OC)CO1. The lowest BCUT2D eigenvalue weighted by molar-refractivity contribution is -0.177. The summed E-state index contributed by atoms with van der Waals surface area (Å²) in [5.74, 6) is 0. The van der Waals surface area contributed by atoms with Gasteiger partial charge in [-0.25, -0.2) is 0 Å². The number of hydrogen-bond donors (Lipinski definition) is 0. The first kappa shape index (κ1) is 7.98. The molecule has 2 atom stereocenters. The predicted octanol–water partition coefficient (Wildman–Crippen LogP) is 0.784. The van der Waals surface area contributed by atoms with Crippen LogP contribution in [0.5, 0.6) is 0 Å². The van der Waals surface area contributed by atoms with Gasteiger partial charge in [-0.3, -0.25) is 0 Å². The van der Waals surface area contributed by atoms with Crippen LogP contribution >= 0.6 is 0 Å². The molecule has 0 N–H and O–H groups in total. The molecule has 0 bridgehead atoms. The Balaban J connectivity index is 2.17. The maximum atomic E-state index is 5.28. The molecule has 10 heavy (non-hydrogen) atoms. The molecule has 0 radical (unpaired) electrons. The van der Waals surface area contributed by atoms with Crippen molar-refractivity contribution in [3.63, 3.8) is 0 Å². The molecule has 1 saturated heterocycles. The third-order valence-electron chi connectivity index (χ3n) is 1.79. The van der Waals surface area contributed by atoms with E-state index < -0.39 is 0 Å². The first-order valence-electron chi connectivity index (χ1n) is 3.54. The highest BCUT2D eigenvalue weighted by atomic mass is 16.7. The number of ether oxygens (including phenoxy) is 3. The molecule has 3 heteroatoms. The second-order valence-corrected chi connectivity index (χ2v) is 2.43. The maximum absolute atomic E-state index is 5.28. The standard InChI is InChI=1S/C7H14O3/c1-8-6-3-4-7(9-2)10-5-6/h6-7H,3-5H2,1-2H3/t6-,7?/m0/s1. The van der Waals surface area contributed by atoms with Crippen molar-refractivity contribution in [2.24, 2.45) is 0 Å². The van der Waals surface area contributed by atoms with E-state index in [1.165, 1.54) is 0 Å². The molecular formula is C7H14O3. The number of rotatable bonds is 2. The van der Waals surface area contributed by atoms with E-state index in [0.29, 0.717) is 6.61 Å². The second kappa shape index (κ2) is 3.91. The molecule has 3 nitrogen and oxygen atoms in total. The van der Waals surface area contributed by atoms with Gasteiger partial charge in [0.15, 0.2) is 6.29 Å². The van der Waals surface area contributed by atoms with Gasteiger partial charge in [0.1, 0.15) is 0 Å². The van der Waals surface area contributed by atoms with Crippen LogP contribution in [0.4, 0.5) is 0 Å². The van der Waals surface area contributed by atoms with Crippen LogP contribution in [-0.4, -0.2) is 33.2 Å². The average Bonchev–Trinajstić information content (AvgIpc) is 2.05. The third-order valence-corrected chi connectivity index (χ3v) is 1.79. The lowest BCUT2D eigenvalue weighted by Crippen LogP contribution is -2.31. The quantitative estimate of drug-likeness (QED) is 0.576. The molecule has 1 rings (SSSR count). The van der Waals surface area contributed by atoms with Gasteiger partial charge in [-0.05, 0) is 6.42 Å². The van der Waals surface area contributed by atoms with Crippen LogP contribution in [0.1, 0.15) is 12.8 Å².